The summed E-state index contributed by atoms with van der Waals surface area (Å²) in [5, 5.41) is 3.19. The molecule has 1 N–H and O–H groups in total. The van der Waals surface area contributed by atoms with Crippen molar-refractivity contribution in [3.05, 3.63) is 34.7 Å². The number of nitrogens with one attached hydrogen (secondary N) is 1. The first-order valence-electron chi connectivity index (χ1n) is 7.69. The highest BCUT2D eigenvalue weighted by molar-refractivity contribution is 5.76. The number of aryl methyl sites for hydroxylation is 1. The molecular formula is C16H22N2O2. The average Bonchev–Trinajstić information content (AvgIpc) is 3.03. The van der Waals surface area contributed by atoms with Crippen molar-refractivity contribution in [3.63, 3.8) is 0 Å². The average molecular weight is 274 g/mol. The van der Waals surface area contributed by atoms with Crippen LogP contribution in [0, 0.1) is 11.8 Å². The van der Waals surface area contributed by atoms with E-state index in [1.54, 1.807) is 16.8 Å². The van der Waals surface area contributed by atoms with E-state index in [1.165, 1.54) is 31.7 Å². The van der Waals surface area contributed by atoms with Crippen LogP contribution in [-0.2, 0) is 11.3 Å². The summed E-state index contributed by atoms with van der Waals surface area (Å²) in [7, 11) is 0. The summed E-state index contributed by atoms with van der Waals surface area (Å²) in [4.78, 5) is 23.6. The van der Waals surface area contributed by atoms with Gasteiger partial charge in [0.2, 0.25) is 5.91 Å². The van der Waals surface area contributed by atoms with Crippen molar-refractivity contribution >= 4 is 5.91 Å². The maximum Gasteiger partial charge on any atom is 0.250 e. The van der Waals surface area contributed by atoms with E-state index in [2.05, 4.69) is 5.32 Å². The minimum Gasteiger partial charge on any atom is -0.353 e. The summed E-state index contributed by atoms with van der Waals surface area (Å²) in [6, 6.07) is 5.44. The van der Waals surface area contributed by atoms with Crippen molar-refractivity contribution in [2.45, 2.75) is 51.1 Å². The van der Waals surface area contributed by atoms with Gasteiger partial charge in [-0.3, -0.25) is 9.59 Å². The summed E-state index contributed by atoms with van der Waals surface area (Å²) in [5.41, 5.74) is -0.0444. The molecule has 2 fully saturated rings. The van der Waals surface area contributed by atoms with E-state index in [0.29, 0.717) is 24.9 Å². The van der Waals surface area contributed by atoms with Crippen LogP contribution in [0.1, 0.15) is 38.5 Å². The van der Waals surface area contributed by atoms with E-state index < -0.39 is 0 Å². The predicted octanol–water partition coefficient (Wildman–Crippen LogP) is 1.93. The first-order valence-corrected chi connectivity index (χ1v) is 7.69. The van der Waals surface area contributed by atoms with Gasteiger partial charge in [-0.25, -0.2) is 0 Å². The van der Waals surface area contributed by atoms with Gasteiger partial charge in [0.05, 0.1) is 0 Å². The van der Waals surface area contributed by atoms with Crippen LogP contribution >= 0.6 is 0 Å². The SMILES string of the molecule is O=C(CCn1ccccc1=O)N[C@@H]1CC[C@H]2CCC[C@H]21. The second-order valence-electron chi connectivity index (χ2n) is 6.09. The number of pyridine rings is 1. The van der Waals surface area contributed by atoms with Gasteiger partial charge in [0.25, 0.3) is 5.56 Å². The molecule has 0 spiro atoms. The molecule has 1 aromatic heterocycles. The fourth-order valence-corrected chi connectivity index (χ4v) is 3.89. The van der Waals surface area contributed by atoms with E-state index in [1.807, 2.05) is 6.07 Å². The molecule has 108 valence electrons. The molecule has 1 heterocycles. The number of rotatable bonds is 4. The Bertz CT molecular complexity index is 537. The van der Waals surface area contributed by atoms with E-state index in [9.17, 15) is 9.59 Å². The lowest BCUT2D eigenvalue weighted by Crippen LogP contribution is -2.38. The zero-order chi connectivity index (χ0) is 13.9. The first-order chi connectivity index (χ1) is 9.74. The van der Waals surface area contributed by atoms with Crippen molar-refractivity contribution in [3.8, 4) is 0 Å². The molecule has 0 radical (unpaired) electrons. The standard InChI is InChI=1S/C16H22N2O2/c19-15(9-11-18-10-2-1-6-16(18)20)17-14-8-7-12-4-3-5-13(12)14/h1-2,6,10,12-14H,3-5,7-9,11H2,(H,17,19)/t12-,13-,14-/m1/s1. The van der Waals surface area contributed by atoms with Crippen LogP contribution in [0.15, 0.2) is 29.2 Å². The van der Waals surface area contributed by atoms with Gasteiger partial charge in [-0.15, -0.1) is 0 Å². The Morgan fingerprint density at radius 1 is 1.25 bits per heavy atom. The fraction of sp³-hybridized carbons (Fsp3) is 0.625. The van der Waals surface area contributed by atoms with Crippen molar-refractivity contribution in [2.24, 2.45) is 11.8 Å². The fourth-order valence-electron chi connectivity index (χ4n) is 3.89. The number of amides is 1. The number of carbonyl (C=O) groups is 1. The molecule has 4 heteroatoms. The summed E-state index contributed by atoms with van der Waals surface area (Å²) in [6.45, 7) is 0.465. The molecule has 0 aromatic carbocycles. The van der Waals surface area contributed by atoms with Crippen molar-refractivity contribution in [2.75, 3.05) is 0 Å². The monoisotopic (exact) mass is 274 g/mol. The lowest BCUT2D eigenvalue weighted by molar-refractivity contribution is -0.122. The summed E-state index contributed by atoms with van der Waals surface area (Å²) < 4.78 is 1.59. The largest absolute Gasteiger partial charge is 0.353 e. The van der Waals surface area contributed by atoms with Gasteiger partial charge < -0.3 is 9.88 Å². The van der Waals surface area contributed by atoms with Gasteiger partial charge in [0.15, 0.2) is 0 Å². The molecular weight excluding hydrogens is 252 g/mol. The Balaban J connectivity index is 1.50. The van der Waals surface area contributed by atoms with E-state index in [0.717, 1.165) is 12.3 Å². The third kappa shape index (κ3) is 2.79. The molecule has 0 unspecified atom stereocenters. The number of hydrogen-bond donors (Lipinski definition) is 1. The van der Waals surface area contributed by atoms with Crippen LogP contribution in [0.2, 0.25) is 0 Å². The summed E-state index contributed by atoms with van der Waals surface area (Å²) >= 11 is 0. The van der Waals surface area contributed by atoms with Crippen LogP contribution in [0.4, 0.5) is 0 Å². The molecule has 0 saturated heterocycles. The molecule has 2 aliphatic rings. The molecule has 0 aliphatic heterocycles. The number of nitrogens with zero attached hydrogens (tertiary/aromatic N) is 1. The third-order valence-corrected chi connectivity index (χ3v) is 4.91. The zero-order valence-corrected chi connectivity index (χ0v) is 11.8. The van der Waals surface area contributed by atoms with Crippen molar-refractivity contribution < 1.29 is 4.79 Å². The molecule has 1 aromatic rings. The van der Waals surface area contributed by atoms with Gasteiger partial charge in [-0.1, -0.05) is 18.9 Å². The van der Waals surface area contributed by atoms with Crippen LogP contribution < -0.4 is 10.9 Å². The van der Waals surface area contributed by atoms with E-state index in [-0.39, 0.29) is 11.5 Å². The highest BCUT2D eigenvalue weighted by atomic mass is 16.2. The smallest absolute Gasteiger partial charge is 0.250 e. The van der Waals surface area contributed by atoms with Crippen LogP contribution in [0.25, 0.3) is 0 Å². The second kappa shape index (κ2) is 5.81. The second-order valence-corrected chi connectivity index (χ2v) is 6.09. The molecule has 3 atom stereocenters. The van der Waals surface area contributed by atoms with Gasteiger partial charge in [-0.2, -0.15) is 0 Å². The number of aromatic nitrogens is 1. The first kappa shape index (κ1) is 13.4. The summed E-state index contributed by atoms with van der Waals surface area (Å²) in [6.07, 6.45) is 8.46. The normalized spacial score (nSPS) is 28.3. The number of carbonyl (C=O) groups excluding carboxylic acids is 1. The lowest BCUT2D eigenvalue weighted by Gasteiger charge is -2.20. The van der Waals surface area contributed by atoms with E-state index in [4.69, 9.17) is 0 Å². The Hall–Kier alpha value is -1.58. The van der Waals surface area contributed by atoms with Crippen LogP contribution in [0.3, 0.4) is 0 Å². The molecule has 4 nitrogen and oxygen atoms in total. The highest BCUT2D eigenvalue weighted by Crippen LogP contribution is 2.43. The maximum absolute atomic E-state index is 12.0. The van der Waals surface area contributed by atoms with Crippen LogP contribution in [0.5, 0.6) is 0 Å². The number of fused-ring (bicyclic) bond motifs is 1. The van der Waals surface area contributed by atoms with Gasteiger partial charge in [0, 0.05) is 31.3 Å². The molecule has 0 bridgehead atoms. The van der Waals surface area contributed by atoms with Gasteiger partial charge in [-0.05, 0) is 37.2 Å². The Kier molecular flexibility index (Phi) is 3.90. The van der Waals surface area contributed by atoms with Crippen molar-refractivity contribution in [1.82, 2.24) is 9.88 Å². The van der Waals surface area contributed by atoms with Crippen molar-refractivity contribution in [1.29, 1.82) is 0 Å². The molecule has 2 saturated carbocycles. The Labute approximate surface area is 119 Å². The quantitative estimate of drug-likeness (QED) is 0.912. The Morgan fingerprint density at radius 3 is 3.00 bits per heavy atom. The molecule has 1 amide bonds. The lowest BCUT2D eigenvalue weighted by atomic mass is 9.97. The molecule has 3 rings (SSSR count). The minimum atomic E-state index is -0.0444. The summed E-state index contributed by atoms with van der Waals surface area (Å²) in [5.74, 6) is 1.63. The van der Waals surface area contributed by atoms with Gasteiger partial charge >= 0.3 is 0 Å². The number of hydrogen-bond acceptors (Lipinski definition) is 2. The van der Waals surface area contributed by atoms with E-state index >= 15 is 0 Å². The minimum absolute atomic E-state index is 0.0444. The zero-order valence-electron chi connectivity index (χ0n) is 11.8. The Morgan fingerprint density at radius 2 is 2.15 bits per heavy atom. The topological polar surface area (TPSA) is 51.1 Å². The van der Waals surface area contributed by atoms with Crippen LogP contribution in [-0.4, -0.2) is 16.5 Å². The predicted molar refractivity (Wildman–Crippen MR) is 77.3 cm³/mol. The molecule has 20 heavy (non-hydrogen) atoms. The highest BCUT2D eigenvalue weighted by Gasteiger charge is 2.39. The third-order valence-electron chi connectivity index (χ3n) is 4.91. The maximum atomic E-state index is 12.0. The molecule has 2 aliphatic carbocycles. The van der Waals surface area contributed by atoms with Gasteiger partial charge in [0.1, 0.15) is 0 Å².